The maximum atomic E-state index is 13.7. The molecule has 0 fully saturated rings. The lowest BCUT2D eigenvalue weighted by Crippen LogP contribution is -2.50. The third kappa shape index (κ3) is 2.02. The lowest BCUT2D eigenvalue weighted by molar-refractivity contribution is -0.348. The fourth-order valence-electron chi connectivity index (χ4n) is 2.01. The summed E-state index contributed by atoms with van der Waals surface area (Å²) in [7, 11) is 0. The molecule has 8 heteroatoms. The fraction of sp³-hybridized carbons (Fsp3) is 0.455. The van der Waals surface area contributed by atoms with E-state index in [1.807, 2.05) is 0 Å². The van der Waals surface area contributed by atoms with E-state index < -0.39 is 23.6 Å². The molecule has 1 N–H and O–H groups in total. The van der Waals surface area contributed by atoms with Crippen molar-refractivity contribution in [3.8, 4) is 0 Å². The van der Waals surface area contributed by atoms with Crippen molar-refractivity contribution in [1.29, 1.82) is 0 Å². The molecule has 1 nitrogen and oxygen atoms in total. The maximum Gasteiger partial charge on any atom is 0.435 e. The summed E-state index contributed by atoms with van der Waals surface area (Å²) in [5, 5.41) is 2.77. The van der Waals surface area contributed by atoms with Crippen molar-refractivity contribution in [2.75, 3.05) is 11.9 Å². The molecular formula is C11H8F7N. The highest BCUT2D eigenvalue weighted by molar-refractivity contribution is 5.57. The van der Waals surface area contributed by atoms with Crippen molar-refractivity contribution >= 4 is 5.69 Å². The average Bonchev–Trinajstić information content (AvgIpc) is 2.71. The highest BCUT2D eigenvalue weighted by Crippen LogP contribution is 2.53. The number of benzene rings is 1. The highest BCUT2D eigenvalue weighted by atomic mass is 19.4. The molecule has 106 valence electrons. The van der Waals surface area contributed by atoms with Crippen molar-refractivity contribution in [3.63, 3.8) is 0 Å². The Bertz CT molecular complexity index is 475. The largest absolute Gasteiger partial charge is 0.435 e. The van der Waals surface area contributed by atoms with Gasteiger partial charge in [-0.2, -0.15) is 26.3 Å². The van der Waals surface area contributed by atoms with Gasteiger partial charge in [0.25, 0.3) is 0 Å². The molecule has 0 aromatic heterocycles. The zero-order valence-corrected chi connectivity index (χ0v) is 9.29. The second kappa shape index (κ2) is 4.01. The Morgan fingerprint density at radius 2 is 1.47 bits per heavy atom. The molecule has 1 heterocycles. The van der Waals surface area contributed by atoms with Gasteiger partial charge in [-0.15, -0.1) is 0 Å². The minimum absolute atomic E-state index is 0.244. The molecule has 0 unspecified atom stereocenters. The Morgan fingerprint density at radius 3 is 2.00 bits per heavy atom. The number of alkyl halides is 7. The van der Waals surface area contributed by atoms with E-state index in [1.54, 1.807) is 0 Å². The SMILES string of the molecule is FC(F)(F)C(F)(c1ccc2c(c1)CCN2)C(F)(F)F. The van der Waals surface area contributed by atoms with Gasteiger partial charge >= 0.3 is 18.0 Å². The third-order valence-corrected chi connectivity index (χ3v) is 2.99. The number of rotatable bonds is 1. The van der Waals surface area contributed by atoms with Crippen LogP contribution in [-0.2, 0) is 12.1 Å². The molecule has 0 spiro atoms. The summed E-state index contributed by atoms with van der Waals surface area (Å²) in [4.78, 5) is 0. The Balaban J connectivity index is 2.57. The first kappa shape index (κ1) is 14.0. The van der Waals surface area contributed by atoms with E-state index in [1.165, 1.54) is 0 Å². The van der Waals surface area contributed by atoms with E-state index in [0.29, 0.717) is 24.4 Å². The van der Waals surface area contributed by atoms with Crippen LogP contribution in [0.1, 0.15) is 11.1 Å². The smallest absolute Gasteiger partial charge is 0.384 e. The highest BCUT2D eigenvalue weighted by Gasteiger charge is 2.73. The summed E-state index contributed by atoms with van der Waals surface area (Å²) in [6, 6.07) is 2.16. The van der Waals surface area contributed by atoms with Crippen LogP contribution in [-0.4, -0.2) is 18.9 Å². The molecule has 0 atom stereocenters. The zero-order chi connectivity index (χ0) is 14.5. The number of fused-ring (bicyclic) bond motifs is 1. The molecule has 0 amide bonds. The lowest BCUT2D eigenvalue weighted by Gasteiger charge is -2.30. The average molecular weight is 287 g/mol. The van der Waals surface area contributed by atoms with Gasteiger partial charge in [0.2, 0.25) is 0 Å². The van der Waals surface area contributed by atoms with Gasteiger partial charge in [0.1, 0.15) is 0 Å². The standard InChI is InChI=1S/C11H8F7N/c12-9(10(13,14)15,11(16,17)18)7-1-2-8-6(5-7)3-4-19-8/h1-2,5,19H,3-4H2. The predicted octanol–water partition coefficient (Wildman–Crippen LogP) is 3.94. The Kier molecular flexibility index (Phi) is 2.94. The Morgan fingerprint density at radius 1 is 0.895 bits per heavy atom. The van der Waals surface area contributed by atoms with Crippen molar-refractivity contribution < 1.29 is 30.7 Å². The first-order valence-electron chi connectivity index (χ1n) is 5.27. The summed E-state index contributed by atoms with van der Waals surface area (Å²) >= 11 is 0. The molecular weight excluding hydrogens is 279 g/mol. The van der Waals surface area contributed by atoms with Crippen LogP contribution in [0.15, 0.2) is 18.2 Å². The van der Waals surface area contributed by atoms with E-state index in [2.05, 4.69) is 5.32 Å². The van der Waals surface area contributed by atoms with Gasteiger partial charge in [-0.05, 0) is 24.1 Å². The van der Waals surface area contributed by atoms with Crippen molar-refractivity contribution in [2.24, 2.45) is 0 Å². The normalized spacial score (nSPS) is 16.2. The van der Waals surface area contributed by atoms with Gasteiger partial charge in [0.05, 0.1) is 0 Å². The topological polar surface area (TPSA) is 12.0 Å². The molecule has 0 aliphatic carbocycles. The molecule has 0 saturated heterocycles. The molecule has 0 bridgehead atoms. The van der Waals surface area contributed by atoms with E-state index in [9.17, 15) is 30.7 Å². The van der Waals surface area contributed by atoms with Gasteiger partial charge in [-0.1, -0.05) is 6.07 Å². The minimum Gasteiger partial charge on any atom is -0.384 e. The molecule has 19 heavy (non-hydrogen) atoms. The van der Waals surface area contributed by atoms with Gasteiger partial charge < -0.3 is 5.32 Å². The van der Waals surface area contributed by atoms with Crippen LogP contribution in [0.25, 0.3) is 0 Å². The van der Waals surface area contributed by atoms with Gasteiger partial charge in [-0.25, -0.2) is 4.39 Å². The number of nitrogens with one attached hydrogen (secondary N) is 1. The van der Waals surface area contributed by atoms with Crippen LogP contribution in [0.3, 0.4) is 0 Å². The van der Waals surface area contributed by atoms with E-state index in [0.717, 1.165) is 6.07 Å². The lowest BCUT2D eigenvalue weighted by atomic mass is 9.92. The van der Waals surface area contributed by atoms with Crippen LogP contribution in [0.2, 0.25) is 0 Å². The molecule has 1 aliphatic rings. The zero-order valence-electron chi connectivity index (χ0n) is 9.29. The number of anilines is 1. The summed E-state index contributed by atoms with van der Waals surface area (Å²) in [5.74, 6) is 0. The Labute approximate surface area is 103 Å². The monoisotopic (exact) mass is 287 g/mol. The minimum atomic E-state index is -6.06. The molecule has 2 rings (SSSR count). The second-order valence-corrected chi connectivity index (χ2v) is 4.20. The number of hydrogen-bond donors (Lipinski definition) is 1. The molecule has 0 saturated carbocycles. The van der Waals surface area contributed by atoms with E-state index >= 15 is 0 Å². The van der Waals surface area contributed by atoms with E-state index in [4.69, 9.17) is 0 Å². The van der Waals surface area contributed by atoms with Crippen molar-refractivity contribution in [2.45, 2.75) is 24.4 Å². The van der Waals surface area contributed by atoms with Gasteiger partial charge in [0.15, 0.2) is 0 Å². The molecule has 0 radical (unpaired) electrons. The molecule has 1 aromatic carbocycles. The van der Waals surface area contributed by atoms with Crippen LogP contribution < -0.4 is 5.32 Å². The number of halogens is 7. The summed E-state index contributed by atoms with van der Waals surface area (Å²) in [6.07, 6.45) is -11.9. The summed E-state index contributed by atoms with van der Waals surface area (Å²) in [5.41, 5.74) is -6.11. The maximum absolute atomic E-state index is 13.7. The summed E-state index contributed by atoms with van der Waals surface area (Å²) < 4.78 is 88.9. The molecule has 1 aliphatic heterocycles. The first-order valence-corrected chi connectivity index (χ1v) is 5.27. The quantitative estimate of drug-likeness (QED) is 0.771. The number of hydrogen-bond acceptors (Lipinski definition) is 1. The first-order chi connectivity index (χ1) is 8.57. The van der Waals surface area contributed by atoms with E-state index in [-0.39, 0.29) is 12.0 Å². The van der Waals surface area contributed by atoms with Crippen LogP contribution in [0.5, 0.6) is 0 Å². The van der Waals surface area contributed by atoms with Crippen LogP contribution >= 0.6 is 0 Å². The Hall–Kier alpha value is -1.47. The molecule has 1 aromatic rings. The van der Waals surface area contributed by atoms with Crippen molar-refractivity contribution in [3.05, 3.63) is 29.3 Å². The second-order valence-electron chi connectivity index (χ2n) is 4.20. The van der Waals surface area contributed by atoms with Gasteiger partial charge in [0, 0.05) is 17.8 Å². The predicted molar refractivity (Wildman–Crippen MR) is 53.5 cm³/mol. The van der Waals surface area contributed by atoms with Crippen LogP contribution in [0.4, 0.5) is 36.4 Å². The van der Waals surface area contributed by atoms with Crippen molar-refractivity contribution in [1.82, 2.24) is 0 Å². The van der Waals surface area contributed by atoms with Gasteiger partial charge in [-0.3, -0.25) is 0 Å². The third-order valence-electron chi connectivity index (χ3n) is 2.99. The summed E-state index contributed by atoms with van der Waals surface area (Å²) in [6.45, 7) is 0.399. The fourth-order valence-corrected chi connectivity index (χ4v) is 2.01. The van der Waals surface area contributed by atoms with Crippen LogP contribution in [0, 0.1) is 0 Å².